The zero-order valence-corrected chi connectivity index (χ0v) is 15.0. The van der Waals surface area contributed by atoms with E-state index in [-0.39, 0.29) is 12.3 Å². The Hall–Kier alpha value is -3.40. The standard InChI is InChI=1S/C19H21N3O4/c1-24-16-10-14(11-17(25-2)19(16)26-3)21-9-8-18(23)22-15-7-5-4-6-13(15)12-20/h4-7,10-11,21H,8-9H2,1-3H3,(H,22,23). The summed E-state index contributed by atoms with van der Waals surface area (Å²) in [5.41, 5.74) is 1.68. The summed E-state index contributed by atoms with van der Waals surface area (Å²) >= 11 is 0. The van der Waals surface area contributed by atoms with Crippen molar-refractivity contribution in [3.63, 3.8) is 0 Å². The third kappa shape index (κ3) is 4.57. The number of rotatable bonds is 8. The van der Waals surface area contributed by atoms with Gasteiger partial charge in [0.05, 0.1) is 32.6 Å². The Morgan fingerprint density at radius 3 is 2.31 bits per heavy atom. The summed E-state index contributed by atoms with van der Waals surface area (Å²) in [5.74, 6) is 1.38. The van der Waals surface area contributed by atoms with E-state index in [2.05, 4.69) is 10.6 Å². The quantitative estimate of drug-likeness (QED) is 0.756. The Morgan fingerprint density at radius 2 is 1.73 bits per heavy atom. The number of ether oxygens (including phenoxy) is 3. The van der Waals surface area contributed by atoms with Gasteiger partial charge in [-0.2, -0.15) is 5.26 Å². The van der Waals surface area contributed by atoms with Crippen LogP contribution in [0.3, 0.4) is 0 Å². The van der Waals surface area contributed by atoms with E-state index < -0.39 is 0 Å². The van der Waals surface area contributed by atoms with Gasteiger partial charge >= 0.3 is 0 Å². The maximum Gasteiger partial charge on any atom is 0.226 e. The number of anilines is 2. The molecule has 0 aliphatic rings. The van der Waals surface area contributed by atoms with E-state index in [0.717, 1.165) is 5.69 Å². The predicted molar refractivity (Wildman–Crippen MR) is 99.0 cm³/mol. The van der Waals surface area contributed by atoms with Crippen LogP contribution in [-0.2, 0) is 4.79 Å². The molecule has 0 aliphatic heterocycles. The van der Waals surface area contributed by atoms with E-state index in [4.69, 9.17) is 19.5 Å². The number of carbonyl (C=O) groups excluding carboxylic acids is 1. The summed E-state index contributed by atoms with van der Waals surface area (Å²) < 4.78 is 15.9. The van der Waals surface area contributed by atoms with Gasteiger partial charge in [0.15, 0.2) is 11.5 Å². The molecule has 0 aromatic heterocycles. The van der Waals surface area contributed by atoms with Gasteiger partial charge in [-0.05, 0) is 12.1 Å². The SMILES string of the molecule is COc1cc(NCCC(=O)Nc2ccccc2C#N)cc(OC)c1OC. The number of benzene rings is 2. The first-order valence-corrected chi connectivity index (χ1v) is 7.95. The Bertz CT molecular complexity index is 790. The minimum Gasteiger partial charge on any atom is -0.493 e. The number of nitrogens with one attached hydrogen (secondary N) is 2. The fraction of sp³-hybridized carbons (Fsp3) is 0.263. The summed E-state index contributed by atoms with van der Waals surface area (Å²) in [4.78, 5) is 12.1. The van der Waals surface area contributed by atoms with Crippen LogP contribution in [0.4, 0.5) is 11.4 Å². The van der Waals surface area contributed by atoms with Crippen molar-refractivity contribution in [2.45, 2.75) is 6.42 Å². The molecular formula is C19H21N3O4. The van der Waals surface area contributed by atoms with Crippen molar-refractivity contribution in [2.24, 2.45) is 0 Å². The van der Waals surface area contributed by atoms with E-state index in [0.29, 0.717) is 35.0 Å². The molecule has 2 N–H and O–H groups in total. The Balaban J connectivity index is 1.97. The fourth-order valence-electron chi connectivity index (χ4n) is 2.41. The lowest BCUT2D eigenvalue weighted by Gasteiger charge is -2.15. The van der Waals surface area contributed by atoms with Gasteiger partial charge in [0.25, 0.3) is 0 Å². The minimum absolute atomic E-state index is 0.187. The number of amides is 1. The number of nitriles is 1. The van der Waals surface area contributed by atoms with Gasteiger partial charge in [-0.25, -0.2) is 0 Å². The maximum atomic E-state index is 12.1. The monoisotopic (exact) mass is 355 g/mol. The topological polar surface area (TPSA) is 92.6 Å². The van der Waals surface area contributed by atoms with Crippen LogP contribution in [0.15, 0.2) is 36.4 Å². The number of para-hydroxylation sites is 1. The number of carbonyl (C=O) groups is 1. The lowest BCUT2D eigenvalue weighted by atomic mass is 10.2. The molecule has 136 valence electrons. The molecule has 2 aromatic rings. The second kappa shape index (κ2) is 9.18. The maximum absolute atomic E-state index is 12.1. The van der Waals surface area contributed by atoms with Crippen molar-refractivity contribution in [3.8, 4) is 23.3 Å². The normalized spacial score (nSPS) is 9.77. The molecule has 0 fully saturated rings. The van der Waals surface area contributed by atoms with Crippen LogP contribution in [0, 0.1) is 11.3 Å². The van der Waals surface area contributed by atoms with Crippen LogP contribution in [0.25, 0.3) is 0 Å². The van der Waals surface area contributed by atoms with Crippen molar-refractivity contribution < 1.29 is 19.0 Å². The molecule has 0 heterocycles. The highest BCUT2D eigenvalue weighted by Crippen LogP contribution is 2.39. The van der Waals surface area contributed by atoms with Gasteiger partial charge in [0.1, 0.15) is 6.07 Å². The smallest absolute Gasteiger partial charge is 0.226 e. The van der Waals surface area contributed by atoms with Crippen LogP contribution < -0.4 is 24.8 Å². The predicted octanol–water partition coefficient (Wildman–Crippen LogP) is 3.02. The Kier molecular flexibility index (Phi) is 6.68. The van der Waals surface area contributed by atoms with Gasteiger partial charge in [0.2, 0.25) is 11.7 Å². The van der Waals surface area contributed by atoms with Crippen LogP contribution in [-0.4, -0.2) is 33.8 Å². The Labute approximate surface area is 152 Å². The molecule has 0 aliphatic carbocycles. The highest BCUT2D eigenvalue weighted by atomic mass is 16.5. The van der Waals surface area contributed by atoms with Gasteiger partial charge in [-0.1, -0.05) is 12.1 Å². The second-order valence-electron chi connectivity index (χ2n) is 5.30. The number of nitrogens with zero attached hydrogens (tertiary/aromatic N) is 1. The molecular weight excluding hydrogens is 334 g/mol. The molecule has 2 rings (SSSR count). The molecule has 0 bridgehead atoms. The molecule has 2 aromatic carbocycles. The zero-order valence-electron chi connectivity index (χ0n) is 15.0. The highest BCUT2D eigenvalue weighted by molar-refractivity contribution is 5.92. The van der Waals surface area contributed by atoms with E-state index in [9.17, 15) is 4.79 Å². The molecule has 26 heavy (non-hydrogen) atoms. The third-order valence-corrected chi connectivity index (χ3v) is 3.67. The number of hydrogen-bond donors (Lipinski definition) is 2. The van der Waals surface area contributed by atoms with E-state index in [1.54, 1.807) is 50.6 Å². The summed E-state index contributed by atoms with van der Waals surface area (Å²) in [6.45, 7) is 0.402. The lowest BCUT2D eigenvalue weighted by molar-refractivity contribution is -0.115. The van der Waals surface area contributed by atoms with Crippen LogP contribution in [0.5, 0.6) is 17.2 Å². The minimum atomic E-state index is -0.187. The van der Waals surface area contributed by atoms with Crippen LogP contribution in [0.2, 0.25) is 0 Å². The van der Waals surface area contributed by atoms with Crippen molar-refractivity contribution in [1.82, 2.24) is 0 Å². The first kappa shape index (κ1) is 18.9. The van der Waals surface area contributed by atoms with Crippen molar-refractivity contribution in [3.05, 3.63) is 42.0 Å². The second-order valence-corrected chi connectivity index (χ2v) is 5.30. The first-order chi connectivity index (χ1) is 12.6. The molecule has 0 saturated carbocycles. The van der Waals surface area contributed by atoms with E-state index in [1.807, 2.05) is 6.07 Å². The van der Waals surface area contributed by atoms with Crippen LogP contribution in [0.1, 0.15) is 12.0 Å². The molecule has 7 nitrogen and oxygen atoms in total. The Morgan fingerprint density at radius 1 is 1.08 bits per heavy atom. The number of hydrogen-bond acceptors (Lipinski definition) is 6. The van der Waals surface area contributed by atoms with E-state index >= 15 is 0 Å². The van der Waals surface area contributed by atoms with Crippen molar-refractivity contribution in [1.29, 1.82) is 5.26 Å². The molecule has 0 atom stereocenters. The van der Waals surface area contributed by atoms with Crippen molar-refractivity contribution in [2.75, 3.05) is 38.5 Å². The third-order valence-electron chi connectivity index (χ3n) is 3.67. The van der Waals surface area contributed by atoms with Gasteiger partial charge in [0, 0.05) is 30.8 Å². The summed E-state index contributed by atoms with van der Waals surface area (Å²) in [7, 11) is 4.62. The number of methoxy groups -OCH3 is 3. The summed E-state index contributed by atoms with van der Waals surface area (Å²) in [6.07, 6.45) is 0.233. The average Bonchev–Trinajstić information content (AvgIpc) is 2.67. The van der Waals surface area contributed by atoms with Crippen molar-refractivity contribution >= 4 is 17.3 Å². The molecule has 0 unspecified atom stereocenters. The summed E-state index contributed by atoms with van der Waals surface area (Å²) in [6, 6.07) is 12.5. The molecule has 0 saturated heterocycles. The van der Waals surface area contributed by atoms with E-state index in [1.165, 1.54) is 7.11 Å². The van der Waals surface area contributed by atoms with Gasteiger partial charge < -0.3 is 24.8 Å². The average molecular weight is 355 g/mol. The zero-order chi connectivity index (χ0) is 18.9. The fourth-order valence-corrected chi connectivity index (χ4v) is 2.41. The lowest BCUT2D eigenvalue weighted by Crippen LogP contribution is -2.17. The molecule has 1 amide bonds. The highest BCUT2D eigenvalue weighted by Gasteiger charge is 2.13. The largest absolute Gasteiger partial charge is 0.493 e. The van der Waals surface area contributed by atoms with Crippen LogP contribution >= 0.6 is 0 Å². The molecule has 7 heteroatoms. The molecule has 0 radical (unpaired) electrons. The summed E-state index contributed by atoms with van der Waals surface area (Å²) in [5, 5.41) is 14.9. The first-order valence-electron chi connectivity index (χ1n) is 7.95. The molecule has 0 spiro atoms. The van der Waals surface area contributed by atoms with Gasteiger partial charge in [-0.3, -0.25) is 4.79 Å². The van der Waals surface area contributed by atoms with Gasteiger partial charge in [-0.15, -0.1) is 0 Å².